The number of hydrogen-bond donors (Lipinski definition) is 3. The third-order valence-corrected chi connectivity index (χ3v) is 8.14. The van der Waals surface area contributed by atoms with E-state index in [0.29, 0.717) is 12.1 Å². The molecule has 13 nitrogen and oxygen atoms in total. The monoisotopic (exact) mass is 644 g/mol. The average Bonchev–Trinajstić information content (AvgIpc) is 3.61. The zero-order valence-corrected chi connectivity index (χ0v) is 27.0. The number of anilines is 1. The van der Waals surface area contributed by atoms with Crippen molar-refractivity contribution < 1.29 is 34.1 Å². The molecule has 1 aliphatic rings. The second-order valence-corrected chi connectivity index (χ2v) is 12.4. The van der Waals surface area contributed by atoms with Crippen molar-refractivity contribution in [3.63, 3.8) is 0 Å². The summed E-state index contributed by atoms with van der Waals surface area (Å²) in [6, 6.07) is 18.0. The van der Waals surface area contributed by atoms with Gasteiger partial charge in [-0.25, -0.2) is 29.4 Å². The third kappa shape index (κ3) is 7.10. The Morgan fingerprint density at radius 2 is 1.62 bits per heavy atom. The van der Waals surface area contributed by atoms with Gasteiger partial charge in [-0.3, -0.25) is 4.79 Å². The van der Waals surface area contributed by atoms with E-state index in [9.17, 15) is 24.6 Å². The van der Waals surface area contributed by atoms with Gasteiger partial charge in [0.1, 0.15) is 23.3 Å². The van der Waals surface area contributed by atoms with Crippen LogP contribution in [0.5, 0.6) is 0 Å². The summed E-state index contributed by atoms with van der Waals surface area (Å²) in [5.41, 5.74) is 1.76. The number of rotatable bonds is 9. The molecule has 2 aromatic carbocycles. The van der Waals surface area contributed by atoms with Crippen LogP contribution in [0, 0.1) is 0 Å². The van der Waals surface area contributed by atoms with Crippen molar-refractivity contribution in [2.24, 2.45) is 0 Å². The first-order valence-electron chi connectivity index (χ1n) is 15.5. The molecule has 4 atom stereocenters. The Balaban J connectivity index is 1.51. The molecule has 47 heavy (non-hydrogen) atoms. The van der Waals surface area contributed by atoms with Crippen LogP contribution in [0.15, 0.2) is 67.0 Å². The number of carbonyl (C=O) groups excluding carboxylic acids is 3. The number of benzene rings is 2. The zero-order chi connectivity index (χ0) is 33.9. The van der Waals surface area contributed by atoms with Gasteiger partial charge in [0, 0.05) is 18.9 Å². The number of aliphatic hydroxyl groups excluding tert-OH is 2. The molecule has 0 unspecified atom stereocenters. The number of imidazole rings is 1. The van der Waals surface area contributed by atoms with Crippen LogP contribution in [0.25, 0.3) is 11.2 Å². The number of esters is 1. The fourth-order valence-electron chi connectivity index (χ4n) is 5.88. The molecule has 0 bridgehead atoms. The lowest BCUT2D eigenvalue weighted by atomic mass is 9.91. The molecule has 1 aliphatic carbocycles. The molecule has 4 aromatic rings. The molecule has 2 amide bonds. The second kappa shape index (κ2) is 13.9. The molecule has 5 rings (SSSR count). The molecule has 0 spiro atoms. The van der Waals surface area contributed by atoms with E-state index in [-0.39, 0.29) is 36.0 Å². The Morgan fingerprint density at radius 3 is 2.17 bits per heavy atom. The van der Waals surface area contributed by atoms with E-state index in [1.807, 2.05) is 60.7 Å². The molecule has 13 heteroatoms. The van der Waals surface area contributed by atoms with Gasteiger partial charge in [-0.15, -0.1) is 0 Å². The molecule has 2 aromatic heterocycles. The number of fused-ring (bicyclic) bond motifs is 1. The van der Waals surface area contributed by atoms with Crippen molar-refractivity contribution in [3.05, 3.63) is 83.9 Å². The van der Waals surface area contributed by atoms with Crippen molar-refractivity contribution in [3.8, 4) is 0 Å². The Morgan fingerprint density at radius 1 is 1.00 bits per heavy atom. The lowest BCUT2D eigenvalue weighted by Crippen LogP contribution is -2.51. The topological polar surface area (TPSA) is 169 Å². The van der Waals surface area contributed by atoms with Gasteiger partial charge in [0.25, 0.3) is 0 Å². The summed E-state index contributed by atoms with van der Waals surface area (Å²) in [6.45, 7) is 7.01. The summed E-state index contributed by atoms with van der Waals surface area (Å²) < 4.78 is 11.9. The summed E-state index contributed by atoms with van der Waals surface area (Å²) in [5.74, 6) is -1.37. The Bertz CT molecular complexity index is 1680. The van der Waals surface area contributed by atoms with Crippen LogP contribution in [0.4, 0.5) is 10.6 Å². The van der Waals surface area contributed by atoms with Crippen LogP contribution in [0.1, 0.15) is 74.2 Å². The van der Waals surface area contributed by atoms with Crippen LogP contribution in [-0.4, -0.2) is 90.1 Å². The van der Waals surface area contributed by atoms with Gasteiger partial charge in [0.2, 0.25) is 11.7 Å². The number of methoxy groups -OCH3 is 1. The van der Waals surface area contributed by atoms with E-state index in [1.165, 1.54) is 18.0 Å². The van der Waals surface area contributed by atoms with Crippen LogP contribution < -0.4 is 5.32 Å². The fourth-order valence-corrected chi connectivity index (χ4v) is 5.88. The van der Waals surface area contributed by atoms with Crippen molar-refractivity contribution in [2.45, 2.75) is 76.3 Å². The lowest BCUT2D eigenvalue weighted by molar-refractivity contribution is -0.134. The van der Waals surface area contributed by atoms with Crippen LogP contribution in [0.2, 0.25) is 0 Å². The third-order valence-electron chi connectivity index (χ3n) is 8.14. The molecule has 0 saturated heterocycles. The first kappa shape index (κ1) is 33.5. The summed E-state index contributed by atoms with van der Waals surface area (Å²) in [7, 11) is 1.22. The maximum atomic E-state index is 13.1. The van der Waals surface area contributed by atoms with Crippen LogP contribution in [-0.2, 0) is 14.3 Å². The van der Waals surface area contributed by atoms with Gasteiger partial charge in [-0.1, -0.05) is 67.6 Å². The average molecular weight is 645 g/mol. The van der Waals surface area contributed by atoms with E-state index in [1.54, 1.807) is 27.7 Å². The maximum absolute atomic E-state index is 13.1. The minimum atomic E-state index is -1.49. The van der Waals surface area contributed by atoms with Crippen molar-refractivity contribution >= 4 is 35.0 Å². The van der Waals surface area contributed by atoms with Crippen LogP contribution >= 0.6 is 0 Å². The highest BCUT2D eigenvalue weighted by Gasteiger charge is 2.49. The van der Waals surface area contributed by atoms with E-state index in [4.69, 9.17) is 9.47 Å². The van der Waals surface area contributed by atoms with E-state index in [2.05, 4.69) is 20.3 Å². The smallest absolute Gasteiger partial charge is 0.417 e. The molecular formula is C34H40N6O7. The summed E-state index contributed by atoms with van der Waals surface area (Å²) >= 11 is 0. The van der Waals surface area contributed by atoms with Gasteiger partial charge in [0.15, 0.2) is 11.5 Å². The summed E-state index contributed by atoms with van der Waals surface area (Å²) in [4.78, 5) is 53.1. The Hall–Kier alpha value is -4.88. The first-order valence-corrected chi connectivity index (χ1v) is 15.5. The van der Waals surface area contributed by atoms with Gasteiger partial charge < -0.3 is 29.6 Å². The molecule has 1 saturated carbocycles. The number of nitrogens with one attached hydrogen (secondary N) is 1. The highest BCUT2D eigenvalue weighted by atomic mass is 16.6. The fraction of sp³-hybridized carbons (Fsp3) is 0.412. The SMILES string of the molecule is CCC(=O)N(C(=O)OC(C)(C)C)[C@H]1C[C@@H](n2cnc3c(NCC(c4ccccc4)c4ccccc4)nc(C(=O)OC)nc32)[C@H](O)[C@@H]1O. The number of amides is 2. The highest BCUT2D eigenvalue weighted by molar-refractivity contribution is 5.93. The largest absolute Gasteiger partial charge is 0.463 e. The minimum absolute atomic E-state index is 0.0189. The number of aliphatic hydroxyl groups is 2. The van der Waals surface area contributed by atoms with E-state index >= 15 is 0 Å². The molecule has 2 heterocycles. The molecule has 0 aliphatic heterocycles. The van der Waals surface area contributed by atoms with Crippen LogP contribution in [0.3, 0.4) is 0 Å². The predicted molar refractivity (Wildman–Crippen MR) is 173 cm³/mol. The zero-order valence-electron chi connectivity index (χ0n) is 27.0. The quantitative estimate of drug-likeness (QED) is 0.225. The number of hydrogen-bond acceptors (Lipinski definition) is 11. The summed E-state index contributed by atoms with van der Waals surface area (Å²) in [6.07, 6.45) is -2.43. The van der Waals surface area contributed by atoms with Gasteiger partial charge in [-0.2, -0.15) is 0 Å². The molecule has 1 fully saturated rings. The molecular weight excluding hydrogens is 604 g/mol. The lowest BCUT2D eigenvalue weighted by Gasteiger charge is -2.31. The molecule has 248 valence electrons. The number of aromatic nitrogens is 4. The predicted octanol–water partition coefficient (Wildman–Crippen LogP) is 4.07. The van der Waals surface area contributed by atoms with E-state index < -0.39 is 47.9 Å². The van der Waals surface area contributed by atoms with Crippen molar-refractivity contribution in [1.82, 2.24) is 24.4 Å². The highest BCUT2D eigenvalue weighted by Crippen LogP contribution is 2.37. The molecule has 3 N–H and O–H groups in total. The maximum Gasteiger partial charge on any atom is 0.417 e. The number of nitrogens with zero attached hydrogens (tertiary/aromatic N) is 5. The van der Waals surface area contributed by atoms with Gasteiger partial charge in [-0.05, 0) is 38.3 Å². The first-order chi connectivity index (χ1) is 22.4. The number of ether oxygens (including phenoxy) is 2. The normalized spacial score (nSPS) is 19.5. The minimum Gasteiger partial charge on any atom is -0.463 e. The van der Waals surface area contributed by atoms with Crippen molar-refractivity contribution in [2.75, 3.05) is 19.0 Å². The Kier molecular flexibility index (Phi) is 9.87. The van der Waals surface area contributed by atoms with Gasteiger partial charge >= 0.3 is 12.1 Å². The Labute approximate surface area is 272 Å². The second-order valence-electron chi connectivity index (χ2n) is 12.4. The van der Waals surface area contributed by atoms with Crippen molar-refractivity contribution in [1.29, 1.82) is 0 Å². The number of carbonyl (C=O) groups is 3. The van der Waals surface area contributed by atoms with Gasteiger partial charge in [0.05, 0.1) is 25.5 Å². The number of imide groups is 1. The molecule has 0 radical (unpaired) electrons. The standard InChI is InChI=1S/C34H40N6O7/c1-6-25(41)40(33(45)47-34(2,3)4)24-17-23(27(42)28(24)43)39-19-36-26-29(37-30(32(44)46-5)38-31(26)39)35-18-22(20-13-9-7-10-14-20)21-15-11-8-12-16-21/h7-16,19,22-24,27-28,42-43H,6,17-18H2,1-5H3,(H,35,37,38)/t23-,24+,27+,28-/m1/s1. The van der Waals surface area contributed by atoms with E-state index in [0.717, 1.165) is 16.0 Å². The summed E-state index contributed by atoms with van der Waals surface area (Å²) in [5, 5.41) is 25.8.